The van der Waals surface area contributed by atoms with Crippen LogP contribution in [-0.4, -0.2) is 24.3 Å². The van der Waals surface area contributed by atoms with E-state index < -0.39 is 5.97 Å². The number of carbonyl (C=O) groups excluding carboxylic acids is 1. The molecule has 0 saturated carbocycles. The van der Waals surface area contributed by atoms with E-state index in [1.165, 1.54) is 6.92 Å². The minimum atomic E-state index is -0.486. The maximum absolute atomic E-state index is 11.8. The van der Waals surface area contributed by atoms with Crippen LogP contribution in [-0.2, 0) is 4.79 Å². The highest BCUT2D eigenvalue weighted by Crippen LogP contribution is 2.52. The van der Waals surface area contributed by atoms with Crippen LogP contribution in [0, 0.1) is 11.8 Å². The third-order valence-corrected chi connectivity index (χ3v) is 5.03. The van der Waals surface area contributed by atoms with E-state index >= 15 is 0 Å². The molecule has 2 aromatic carbocycles. The SMILES string of the molecule is CC(=O)Oc1c(OCCCC(C)C)c(OCCCC(C)C)c(O)c2c(Cl)cccc12. The Bertz CT molecular complexity index is 861. The number of aromatic hydroxyl groups is 1. The van der Waals surface area contributed by atoms with E-state index in [4.69, 9.17) is 25.8 Å². The maximum Gasteiger partial charge on any atom is 0.308 e. The van der Waals surface area contributed by atoms with Crippen LogP contribution in [0.1, 0.15) is 60.3 Å². The molecule has 0 heterocycles. The van der Waals surface area contributed by atoms with E-state index in [9.17, 15) is 9.90 Å². The number of benzene rings is 2. The second-order valence-electron chi connectivity index (χ2n) is 8.36. The summed E-state index contributed by atoms with van der Waals surface area (Å²) >= 11 is 6.36. The fourth-order valence-corrected chi connectivity index (χ4v) is 3.51. The predicted octanol–water partition coefficient (Wildman–Crippen LogP) is 6.75. The average Bonchev–Trinajstić information content (AvgIpc) is 2.65. The van der Waals surface area contributed by atoms with E-state index in [-0.39, 0.29) is 23.0 Å². The van der Waals surface area contributed by atoms with E-state index in [0.717, 1.165) is 25.7 Å². The van der Waals surface area contributed by atoms with Gasteiger partial charge in [-0.1, -0.05) is 51.4 Å². The summed E-state index contributed by atoms with van der Waals surface area (Å²) in [5.41, 5.74) is 0. The van der Waals surface area contributed by atoms with Gasteiger partial charge in [-0.2, -0.15) is 0 Å². The molecule has 0 unspecified atom stereocenters. The Morgan fingerprint density at radius 1 is 0.967 bits per heavy atom. The zero-order valence-corrected chi connectivity index (χ0v) is 19.3. The van der Waals surface area contributed by atoms with Gasteiger partial charge in [-0.15, -0.1) is 0 Å². The molecule has 0 aliphatic carbocycles. The van der Waals surface area contributed by atoms with Crippen LogP contribution in [0.4, 0.5) is 0 Å². The fourth-order valence-electron chi connectivity index (χ4n) is 3.24. The highest BCUT2D eigenvalue weighted by Gasteiger charge is 2.26. The normalized spacial score (nSPS) is 11.3. The molecule has 0 aromatic heterocycles. The molecule has 0 spiro atoms. The van der Waals surface area contributed by atoms with Crippen molar-refractivity contribution in [3.8, 4) is 23.0 Å². The van der Waals surface area contributed by atoms with E-state index in [2.05, 4.69) is 27.7 Å². The number of ether oxygens (including phenoxy) is 3. The largest absolute Gasteiger partial charge is 0.504 e. The fraction of sp³-hybridized carbons (Fsp3) is 0.542. The molecule has 6 heteroatoms. The molecule has 2 aromatic rings. The van der Waals surface area contributed by atoms with Gasteiger partial charge >= 0.3 is 5.97 Å². The number of esters is 1. The molecule has 0 fully saturated rings. The molecule has 0 saturated heterocycles. The van der Waals surface area contributed by atoms with Crippen molar-refractivity contribution in [3.05, 3.63) is 23.2 Å². The van der Waals surface area contributed by atoms with Gasteiger partial charge in [0, 0.05) is 12.3 Å². The van der Waals surface area contributed by atoms with Crippen LogP contribution in [0.15, 0.2) is 18.2 Å². The zero-order valence-electron chi connectivity index (χ0n) is 18.6. The molecular weight excluding hydrogens is 404 g/mol. The van der Waals surface area contributed by atoms with Gasteiger partial charge in [0.15, 0.2) is 11.5 Å². The van der Waals surface area contributed by atoms with Gasteiger partial charge in [0.1, 0.15) is 0 Å². The number of hydrogen-bond donors (Lipinski definition) is 1. The van der Waals surface area contributed by atoms with Gasteiger partial charge in [-0.25, -0.2) is 0 Å². The van der Waals surface area contributed by atoms with Crippen LogP contribution >= 0.6 is 11.6 Å². The summed E-state index contributed by atoms with van der Waals surface area (Å²) in [6.07, 6.45) is 3.65. The first-order chi connectivity index (χ1) is 14.2. The summed E-state index contributed by atoms with van der Waals surface area (Å²) in [6, 6.07) is 5.15. The number of phenolic OH excluding ortho intramolecular Hbond substituents is 1. The van der Waals surface area contributed by atoms with Gasteiger partial charge < -0.3 is 19.3 Å². The van der Waals surface area contributed by atoms with E-state index in [1.54, 1.807) is 18.2 Å². The van der Waals surface area contributed by atoms with Crippen molar-refractivity contribution in [1.82, 2.24) is 0 Å². The van der Waals surface area contributed by atoms with Crippen LogP contribution in [0.3, 0.4) is 0 Å². The Labute approximate surface area is 184 Å². The monoisotopic (exact) mass is 436 g/mol. The van der Waals surface area contributed by atoms with Gasteiger partial charge in [0.05, 0.1) is 23.6 Å². The summed E-state index contributed by atoms with van der Waals surface area (Å²) in [5, 5.41) is 12.2. The van der Waals surface area contributed by atoms with Crippen molar-refractivity contribution in [2.75, 3.05) is 13.2 Å². The zero-order chi connectivity index (χ0) is 22.3. The standard InChI is InChI=1S/C24H33ClO5/c1-15(2)9-7-13-28-23-21(27)20-18(11-6-12-19(20)25)22(30-17(5)26)24(23)29-14-8-10-16(3)4/h6,11-12,15-16,27H,7-10,13-14H2,1-5H3. The van der Waals surface area contributed by atoms with E-state index in [0.29, 0.717) is 40.8 Å². The smallest absolute Gasteiger partial charge is 0.308 e. The molecule has 0 atom stereocenters. The van der Waals surface area contributed by atoms with Gasteiger partial charge in [0.25, 0.3) is 0 Å². The molecule has 5 nitrogen and oxygen atoms in total. The summed E-state index contributed by atoms with van der Waals surface area (Å²) in [6.45, 7) is 10.7. The minimum absolute atomic E-state index is 0.102. The van der Waals surface area contributed by atoms with Crippen LogP contribution < -0.4 is 14.2 Å². The molecule has 0 bridgehead atoms. The Kier molecular flexibility index (Phi) is 9.09. The van der Waals surface area contributed by atoms with E-state index in [1.807, 2.05) is 0 Å². The van der Waals surface area contributed by atoms with Crippen molar-refractivity contribution in [1.29, 1.82) is 0 Å². The lowest BCUT2D eigenvalue weighted by Gasteiger charge is -2.20. The van der Waals surface area contributed by atoms with Crippen molar-refractivity contribution < 1.29 is 24.1 Å². The van der Waals surface area contributed by atoms with Crippen molar-refractivity contribution in [3.63, 3.8) is 0 Å². The molecule has 30 heavy (non-hydrogen) atoms. The number of halogens is 1. The Morgan fingerprint density at radius 2 is 1.53 bits per heavy atom. The highest BCUT2D eigenvalue weighted by atomic mass is 35.5. The molecule has 0 aliphatic heterocycles. The predicted molar refractivity (Wildman–Crippen MR) is 121 cm³/mol. The van der Waals surface area contributed by atoms with Crippen molar-refractivity contribution >= 4 is 28.3 Å². The Morgan fingerprint density at radius 3 is 2.07 bits per heavy atom. The molecule has 166 valence electrons. The average molecular weight is 437 g/mol. The molecule has 0 radical (unpaired) electrons. The van der Waals surface area contributed by atoms with Crippen LogP contribution in [0.25, 0.3) is 10.8 Å². The second kappa shape index (κ2) is 11.3. The number of rotatable bonds is 11. The lowest BCUT2D eigenvalue weighted by molar-refractivity contribution is -0.131. The maximum atomic E-state index is 11.8. The first-order valence-electron chi connectivity index (χ1n) is 10.6. The number of fused-ring (bicyclic) bond motifs is 1. The van der Waals surface area contributed by atoms with Crippen LogP contribution in [0.2, 0.25) is 5.02 Å². The lowest BCUT2D eigenvalue weighted by Crippen LogP contribution is -2.09. The molecule has 0 aliphatic rings. The second-order valence-corrected chi connectivity index (χ2v) is 8.77. The first kappa shape index (κ1) is 24.1. The third kappa shape index (κ3) is 6.43. The molecule has 1 N–H and O–H groups in total. The lowest BCUT2D eigenvalue weighted by atomic mass is 10.1. The van der Waals surface area contributed by atoms with Crippen molar-refractivity contribution in [2.45, 2.75) is 60.3 Å². The first-order valence-corrected chi connectivity index (χ1v) is 11.0. The summed E-state index contributed by atoms with van der Waals surface area (Å²) in [5.74, 6) is 1.15. The summed E-state index contributed by atoms with van der Waals surface area (Å²) < 4.78 is 17.5. The minimum Gasteiger partial charge on any atom is -0.504 e. The quantitative estimate of drug-likeness (QED) is 0.239. The summed E-state index contributed by atoms with van der Waals surface area (Å²) in [7, 11) is 0. The van der Waals surface area contributed by atoms with Gasteiger partial charge in [-0.05, 0) is 43.6 Å². The molecule has 2 rings (SSSR count). The highest BCUT2D eigenvalue weighted by molar-refractivity contribution is 6.36. The topological polar surface area (TPSA) is 65.0 Å². The number of phenols is 1. The number of carbonyl (C=O) groups is 1. The Balaban J connectivity index is 2.50. The summed E-state index contributed by atoms with van der Waals surface area (Å²) in [4.78, 5) is 11.8. The molecular formula is C24H33ClO5. The van der Waals surface area contributed by atoms with Gasteiger partial charge in [-0.3, -0.25) is 4.79 Å². The third-order valence-electron chi connectivity index (χ3n) is 4.71. The van der Waals surface area contributed by atoms with Crippen LogP contribution in [0.5, 0.6) is 23.0 Å². The molecule has 0 amide bonds. The number of hydrogen-bond acceptors (Lipinski definition) is 5. The Hall–Kier alpha value is -2.14. The van der Waals surface area contributed by atoms with Gasteiger partial charge in [0.2, 0.25) is 11.5 Å². The van der Waals surface area contributed by atoms with Crippen molar-refractivity contribution in [2.24, 2.45) is 11.8 Å².